The predicted octanol–water partition coefficient (Wildman–Crippen LogP) is 2.17. The number of ether oxygens (including phenoxy) is 1. The molecule has 1 aromatic carbocycles. The van der Waals surface area contributed by atoms with Gasteiger partial charge in [0.15, 0.2) is 0 Å². The smallest absolute Gasteiger partial charge is 0.0895 e. The van der Waals surface area contributed by atoms with E-state index in [1.165, 1.54) is 36.1 Å². The number of aryl methyl sites for hydroxylation is 2. The lowest BCUT2D eigenvalue weighted by molar-refractivity contribution is -0.0597. The Labute approximate surface area is 115 Å². The Kier molecular flexibility index (Phi) is 3.61. The van der Waals surface area contributed by atoms with Crippen molar-refractivity contribution in [3.63, 3.8) is 0 Å². The van der Waals surface area contributed by atoms with Crippen molar-refractivity contribution in [3.8, 4) is 0 Å². The van der Waals surface area contributed by atoms with E-state index in [1.54, 1.807) is 0 Å². The number of rotatable bonds is 2. The lowest BCUT2D eigenvalue weighted by atomic mass is 9.94. The van der Waals surface area contributed by atoms with Gasteiger partial charge in [0.1, 0.15) is 0 Å². The molecule has 19 heavy (non-hydrogen) atoms. The first-order valence-electron chi connectivity index (χ1n) is 7.33. The quantitative estimate of drug-likeness (QED) is 0.885. The maximum absolute atomic E-state index is 6.47. The van der Waals surface area contributed by atoms with Crippen LogP contribution in [0.4, 0.5) is 0 Å². The summed E-state index contributed by atoms with van der Waals surface area (Å²) in [5.41, 5.74) is 10.2. The van der Waals surface area contributed by atoms with Crippen LogP contribution in [-0.4, -0.2) is 36.7 Å². The highest BCUT2D eigenvalue weighted by molar-refractivity contribution is 5.33. The number of morpholine rings is 1. The third-order valence-corrected chi connectivity index (χ3v) is 4.61. The van der Waals surface area contributed by atoms with Gasteiger partial charge in [-0.25, -0.2) is 0 Å². The largest absolute Gasteiger partial charge is 0.373 e. The second-order valence-corrected chi connectivity index (χ2v) is 6.05. The topological polar surface area (TPSA) is 38.5 Å². The van der Waals surface area contributed by atoms with Gasteiger partial charge in [0.25, 0.3) is 0 Å². The van der Waals surface area contributed by atoms with Gasteiger partial charge >= 0.3 is 0 Å². The van der Waals surface area contributed by atoms with Crippen molar-refractivity contribution in [1.29, 1.82) is 0 Å². The molecule has 3 unspecified atom stereocenters. The summed E-state index contributed by atoms with van der Waals surface area (Å²) in [4.78, 5) is 2.55. The first-order valence-corrected chi connectivity index (χ1v) is 7.33. The first-order chi connectivity index (χ1) is 9.15. The molecule has 0 spiro atoms. The molecular formula is C16H24N2O. The van der Waals surface area contributed by atoms with E-state index >= 15 is 0 Å². The molecule has 2 aliphatic heterocycles. The van der Waals surface area contributed by atoms with Crippen LogP contribution in [0.2, 0.25) is 0 Å². The minimum absolute atomic E-state index is 0.0125. The SMILES string of the molecule is Cc1ccc(C)c(C(N)C2CN3CCCC3CO2)c1. The molecule has 104 valence electrons. The Balaban J connectivity index is 1.76. The minimum atomic E-state index is -0.0125. The highest BCUT2D eigenvalue weighted by Crippen LogP contribution is 2.29. The van der Waals surface area contributed by atoms with E-state index in [0.717, 1.165) is 13.2 Å². The molecule has 2 fully saturated rings. The lowest BCUT2D eigenvalue weighted by Gasteiger charge is -2.38. The van der Waals surface area contributed by atoms with E-state index in [-0.39, 0.29) is 12.1 Å². The monoisotopic (exact) mass is 260 g/mol. The molecule has 2 saturated heterocycles. The zero-order valence-electron chi connectivity index (χ0n) is 11.9. The van der Waals surface area contributed by atoms with Gasteiger partial charge in [-0.2, -0.15) is 0 Å². The molecule has 3 heteroatoms. The fraction of sp³-hybridized carbons (Fsp3) is 0.625. The van der Waals surface area contributed by atoms with Crippen molar-refractivity contribution in [2.45, 2.75) is 44.9 Å². The molecule has 0 bridgehead atoms. The van der Waals surface area contributed by atoms with Crippen molar-refractivity contribution in [2.24, 2.45) is 5.73 Å². The van der Waals surface area contributed by atoms with E-state index in [2.05, 4.69) is 36.9 Å². The third-order valence-electron chi connectivity index (χ3n) is 4.61. The van der Waals surface area contributed by atoms with E-state index in [4.69, 9.17) is 10.5 Å². The number of benzene rings is 1. The van der Waals surface area contributed by atoms with Gasteiger partial charge in [-0.3, -0.25) is 4.90 Å². The van der Waals surface area contributed by atoms with Crippen LogP contribution in [-0.2, 0) is 4.74 Å². The summed E-state index contributed by atoms with van der Waals surface area (Å²) < 4.78 is 6.04. The van der Waals surface area contributed by atoms with Gasteiger partial charge in [0.2, 0.25) is 0 Å². The number of fused-ring (bicyclic) bond motifs is 1. The Morgan fingerprint density at radius 1 is 1.37 bits per heavy atom. The highest BCUT2D eigenvalue weighted by atomic mass is 16.5. The Bertz CT molecular complexity index is 460. The molecule has 2 heterocycles. The van der Waals surface area contributed by atoms with E-state index in [0.29, 0.717) is 6.04 Å². The van der Waals surface area contributed by atoms with Crippen molar-refractivity contribution in [3.05, 3.63) is 34.9 Å². The molecule has 0 saturated carbocycles. The molecule has 3 nitrogen and oxygen atoms in total. The molecule has 0 aromatic heterocycles. The molecule has 2 aliphatic rings. The number of nitrogens with zero attached hydrogens (tertiary/aromatic N) is 1. The number of hydrogen-bond acceptors (Lipinski definition) is 3. The van der Waals surface area contributed by atoms with Crippen LogP contribution in [0.3, 0.4) is 0 Å². The van der Waals surface area contributed by atoms with Crippen LogP contribution in [0, 0.1) is 13.8 Å². The molecular weight excluding hydrogens is 236 g/mol. The molecule has 0 aliphatic carbocycles. The van der Waals surface area contributed by atoms with Crippen LogP contribution in [0.15, 0.2) is 18.2 Å². The molecule has 0 amide bonds. The van der Waals surface area contributed by atoms with E-state index < -0.39 is 0 Å². The summed E-state index contributed by atoms with van der Waals surface area (Å²) in [5, 5.41) is 0. The fourth-order valence-corrected chi connectivity index (χ4v) is 3.38. The fourth-order valence-electron chi connectivity index (χ4n) is 3.38. The van der Waals surface area contributed by atoms with E-state index in [9.17, 15) is 0 Å². The maximum atomic E-state index is 6.47. The molecule has 3 atom stereocenters. The zero-order chi connectivity index (χ0) is 13.4. The Morgan fingerprint density at radius 2 is 2.21 bits per heavy atom. The third kappa shape index (κ3) is 2.55. The molecule has 2 N–H and O–H groups in total. The lowest BCUT2D eigenvalue weighted by Crippen LogP contribution is -2.49. The van der Waals surface area contributed by atoms with Gasteiger partial charge in [0, 0.05) is 12.6 Å². The van der Waals surface area contributed by atoms with E-state index in [1.807, 2.05) is 0 Å². The van der Waals surface area contributed by atoms with Gasteiger partial charge in [0.05, 0.1) is 18.8 Å². The Morgan fingerprint density at radius 3 is 3.05 bits per heavy atom. The number of hydrogen-bond donors (Lipinski definition) is 1. The van der Waals surface area contributed by atoms with Gasteiger partial charge in [-0.1, -0.05) is 23.8 Å². The Hall–Kier alpha value is -0.900. The second kappa shape index (κ2) is 5.23. The van der Waals surface area contributed by atoms with Crippen molar-refractivity contribution < 1.29 is 4.74 Å². The summed E-state index contributed by atoms with van der Waals surface area (Å²) in [6, 6.07) is 7.14. The van der Waals surface area contributed by atoms with Crippen molar-refractivity contribution in [2.75, 3.05) is 19.7 Å². The van der Waals surface area contributed by atoms with Crippen LogP contribution in [0.1, 0.15) is 35.6 Å². The highest BCUT2D eigenvalue weighted by Gasteiger charge is 2.35. The van der Waals surface area contributed by atoms with Gasteiger partial charge in [-0.15, -0.1) is 0 Å². The average molecular weight is 260 g/mol. The van der Waals surface area contributed by atoms with Crippen LogP contribution < -0.4 is 5.73 Å². The molecule has 1 aromatic rings. The number of nitrogens with two attached hydrogens (primary N) is 1. The summed E-state index contributed by atoms with van der Waals surface area (Å²) in [7, 11) is 0. The van der Waals surface area contributed by atoms with Crippen LogP contribution >= 0.6 is 0 Å². The summed E-state index contributed by atoms with van der Waals surface area (Å²) >= 11 is 0. The minimum Gasteiger partial charge on any atom is -0.373 e. The summed E-state index contributed by atoms with van der Waals surface area (Å²) in [6.45, 7) is 7.30. The standard InChI is InChI=1S/C16H24N2O/c1-11-5-6-12(2)14(8-11)16(17)15-9-18-7-3-4-13(18)10-19-15/h5-6,8,13,15-16H,3-4,7,9-10,17H2,1-2H3. The van der Waals surface area contributed by atoms with Crippen molar-refractivity contribution in [1.82, 2.24) is 4.90 Å². The van der Waals surface area contributed by atoms with Crippen molar-refractivity contribution >= 4 is 0 Å². The predicted molar refractivity (Wildman–Crippen MR) is 77.2 cm³/mol. The summed E-state index contributed by atoms with van der Waals surface area (Å²) in [6.07, 6.45) is 2.72. The average Bonchev–Trinajstić information content (AvgIpc) is 2.88. The maximum Gasteiger partial charge on any atom is 0.0895 e. The first kappa shape index (κ1) is 13.1. The van der Waals surface area contributed by atoms with Crippen LogP contribution in [0.25, 0.3) is 0 Å². The van der Waals surface area contributed by atoms with Gasteiger partial charge < -0.3 is 10.5 Å². The normalized spacial score (nSPS) is 29.2. The zero-order valence-corrected chi connectivity index (χ0v) is 11.9. The molecule has 0 radical (unpaired) electrons. The molecule has 3 rings (SSSR count). The van der Waals surface area contributed by atoms with Gasteiger partial charge in [-0.05, 0) is 44.4 Å². The van der Waals surface area contributed by atoms with Crippen LogP contribution in [0.5, 0.6) is 0 Å². The second-order valence-electron chi connectivity index (χ2n) is 6.05. The summed E-state index contributed by atoms with van der Waals surface area (Å²) in [5.74, 6) is 0.